The average molecular weight is 250 g/mol. The van der Waals surface area contributed by atoms with Crippen molar-refractivity contribution >= 4 is 0 Å². The maximum Gasteiger partial charge on any atom is 0.122 e. The first-order valence-electron chi connectivity index (χ1n) is 6.70. The second kappa shape index (κ2) is 8.11. The van der Waals surface area contributed by atoms with Gasteiger partial charge in [0.05, 0.1) is 7.11 Å². The lowest BCUT2D eigenvalue weighted by atomic mass is 10.1. The van der Waals surface area contributed by atoms with E-state index in [4.69, 9.17) is 4.74 Å². The van der Waals surface area contributed by atoms with E-state index in [1.54, 1.807) is 7.11 Å². The minimum atomic E-state index is 0.963. The zero-order chi connectivity index (χ0) is 13.4. The highest BCUT2D eigenvalue weighted by Gasteiger charge is 2.03. The molecule has 0 spiro atoms. The van der Waals surface area contributed by atoms with E-state index >= 15 is 0 Å². The number of methoxy groups -OCH3 is 1. The van der Waals surface area contributed by atoms with Crippen molar-refractivity contribution in [3.8, 4) is 5.75 Å². The highest BCUT2D eigenvalue weighted by Crippen LogP contribution is 2.19. The number of likely N-dealkylation sites (N-methyl/N-ethyl adjacent to an activating group) is 1. The summed E-state index contributed by atoms with van der Waals surface area (Å²) in [4.78, 5) is 2.33. The minimum absolute atomic E-state index is 0.963. The van der Waals surface area contributed by atoms with Crippen LogP contribution in [-0.2, 0) is 6.54 Å². The smallest absolute Gasteiger partial charge is 0.122 e. The molecule has 0 unspecified atom stereocenters. The van der Waals surface area contributed by atoms with Crippen LogP contribution in [0.25, 0.3) is 0 Å². The molecule has 1 rings (SSSR count). The van der Waals surface area contributed by atoms with Gasteiger partial charge in [0.1, 0.15) is 5.75 Å². The van der Waals surface area contributed by atoms with Crippen LogP contribution in [0.2, 0.25) is 0 Å². The molecule has 0 atom stereocenters. The van der Waals surface area contributed by atoms with Gasteiger partial charge in [-0.05, 0) is 44.1 Å². The standard InChI is InChI=1S/C15H26N2O/c1-5-8-16-9-10-17(3)12-14-7-6-13(2)15(11-14)18-4/h6-7,11,16H,5,8-10,12H2,1-4H3. The third kappa shape index (κ3) is 5.07. The summed E-state index contributed by atoms with van der Waals surface area (Å²) < 4.78 is 5.35. The van der Waals surface area contributed by atoms with E-state index in [9.17, 15) is 0 Å². The first-order valence-corrected chi connectivity index (χ1v) is 6.70. The number of hydrogen-bond donors (Lipinski definition) is 1. The van der Waals surface area contributed by atoms with E-state index in [1.165, 1.54) is 17.5 Å². The predicted molar refractivity (Wildman–Crippen MR) is 77.2 cm³/mol. The molecule has 18 heavy (non-hydrogen) atoms. The molecule has 0 amide bonds. The van der Waals surface area contributed by atoms with Crippen molar-refractivity contribution < 1.29 is 4.74 Å². The van der Waals surface area contributed by atoms with Crippen molar-refractivity contribution in [2.75, 3.05) is 33.8 Å². The summed E-state index contributed by atoms with van der Waals surface area (Å²) in [6.45, 7) is 8.44. The highest BCUT2D eigenvalue weighted by atomic mass is 16.5. The number of ether oxygens (including phenoxy) is 1. The van der Waals surface area contributed by atoms with E-state index in [2.05, 4.69) is 49.3 Å². The minimum Gasteiger partial charge on any atom is -0.496 e. The molecule has 0 aromatic heterocycles. The van der Waals surface area contributed by atoms with Crippen LogP contribution in [0, 0.1) is 6.92 Å². The van der Waals surface area contributed by atoms with Crippen molar-refractivity contribution in [3.63, 3.8) is 0 Å². The fraction of sp³-hybridized carbons (Fsp3) is 0.600. The maximum atomic E-state index is 5.35. The molecule has 0 radical (unpaired) electrons. The molecule has 0 saturated heterocycles. The SMILES string of the molecule is CCCNCCN(C)Cc1ccc(C)c(OC)c1. The fourth-order valence-electron chi connectivity index (χ4n) is 1.93. The van der Waals surface area contributed by atoms with Crippen molar-refractivity contribution in [2.24, 2.45) is 0 Å². The van der Waals surface area contributed by atoms with Gasteiger partial charge in [-0.2, -0.15) is 0 Å². The lowest BCUT2D eigenvalue weighted by molar-refractivity contribution is 0.323. The van der Waals surface area contributed by atoms with Crippen LogP contribution in [0.15, 0.2) is 18.2 Å². The van der Waals surface area contributed by atoms with Crippen LogP contribution in [0.3, 0.4) is 0 Å². The first kappa shape index (κ1) is 15.0. The van der Waals surface area contributed by atoms with Crippen molar-refractivity contribution in [3.05, 3.63) is 29.3 Å². The summed E-state index contributed by atoms with van der Waals surface area (Å²) >= 11 is 0. The van der Waals surface area contributed by atoms with E-state index in [0.29, 0.717) is 0 Å². The fourth-order valence-corrected chi connectivity index (χ4v) is 1.93. The van der Waals surface area contributed by atoms with Crippen LogP contribution in [0.1, 0.15) is 24.5 Å². The lowest BCUT2D eigenvalue weighted by Gasteiger charge is -2.17. The quantitative estimate of drug-likeness (QED) is 0.717. The second-order valence-corrected chi connectivity index (χ2v) is 4.79. The van der Waals surface area contributed by atoms with Crippen molar-refractivity contribution in [1.82, 2.24) is 10.2 Å². The monoisotopic (exact) mass is 250 g/mol. The Morgan fingerprint density at radius 2 is 2.06 bits per heavy atom. The average Bonchev–Trinajstić information content (AvgIpc) is 2.37. The van der Waals surface area contributed by atoms with Gasteiger partial charge in [-0.25, -0.2) is 0 Å². The van der Waals surface area contributed by atoms with Gasteiger partial charge < -0.3 is 15.0 Å². The number of nitrogens with one attached hydrogen (secondary N) is 1. The van der Waals surface area contributed by atoms with Gasteiger partial charge in [0.25, 0.3) is 0 Å². The summed E-state index contributed by atoms with van der Waals surface area (Å²) in [5.74, 6) is 0.977. The van der Waals surface area contributed by atoms with E-state index in [0.717, 1.165) is 31.9 Å². The lowest BCUT2D eigenvalue weighted by Crippen LogP contribution is -2.29. The molecule has 3 heteroatoms. The molecule has 0 saturated carbocycles. The third-order valence-corrected chi connectivity index (χ3v) is 3.02. The summed E-state index contributed by atoms with van der Waals surface area (Å²) in [7, 11) is 3.88. The van der Waals surface area contributed by atoms with Crippen molar-refractivity contribution in [2.45, 2.75) is 26.8 Å². The Hall–Kier alpha value is -1.06. The van der Waals surface area contributed by atoms with Crippen LogP contribution in [0.5, 0.6) is 5.75 Å². The normalized spacial score (nSPS) is 10.9. The van der Waals surface area contributed by atoms with Gasteiger partial charge in [0.2, 0.25) is 0 Å². The van der Waals surface area contributed by atoms with Gasteiger partial charge >= 0.3 is 0 Å². The molecule has 0 aliphatic rings. The van der Waals surface area contributed by atoms with Gasteiger partial charge in [0, 0.05) is 19.6 Å². The van der Waals surface area contributed by atoms with Crippen LogP contribution in [-0.4, -0.2) is 38.7 Å². The van der Waals surface area contributed by atoms with E-state index in [1.807, 2.05) is 0 Å². The molecule has 0 aliphatic carbocycles. The molecular formula is C15H26N2O. The number of aryl methyl sites for hydroxylation is 1. The Morgan fingerprint density at radius 1 is 1.28 bits per heavy atom. The van der Waals surface area contributed by atoms with Crippen molar-refractivity contribution in [1.29, 1.82) is 0 Å². The molecule has 0 heterocycles. The molecule has 3 nitrogen and oxygen atoms in total. The topological polar surface area (TPSA) is 24.5 Å². The second-order valence-electron chi connectivity index (χ2n) is 4.79. The van der Waals surface area contributed by atoms with Gasteiger partial charge in [-0.3, -0.25) is 0 Å². The summed E-state index contributed by atoms with van der Waals surface area (Å²) in [6.07, 6.45) is 1.19. The summed E-state index contributed by atoms with van der Waals surface area (Å²) in [5, 5.41) is 3.42. The molecule has 1 aromatic carbocycles. The largest absolute Gasteiger partial charge is 0.496 e. The van der Waals surface area contributed by atoms with E-state index in [-0.39, 0.29) is 0 Å². The molecule has 0 fully saturated rings. The Labute approximate surface area is 111 Å². The highest BCUT2D eigenvalue weighted by molar-refractivity contribution is 5.36. The van der Waals surface area contributed by atoms with Crippen LogP contribution >= 0.6 is 0 Å². The number of rotatable bonds is 8. The molecule has 1 aromatic rings. The zero-order valence-corrected chi connectivity index (χ0v) is 12.1. The molecule has 0 bridgehead atoms. The molecule has 102 valence electrons. The van der Waals surface area contributed by atoms with E-state index < -0.39 is 0 Å². The predicted octanol–water partition coefficient (Wildman–Crippen LogP) is 2.44. The Bertz CT molecular complexity index is 352. The Kier molecular flexibility index (Phi) is 6.76. The molecule has 0 aliphatic heterocycles. The first-order chi connectivity index (χ1) is 8.67. The van der Waals surface area contributed by atoms with Crippen LogP contribution < -0.4 is 10.1 Å². The number of hydrogen-bond acceptors (Lipinski definition) is 3. The molecular weight excluding hydrogens is 224 g/mol. The van der Waals surface area contributed by atoms with Gasteiger partial charge in [-0.15, -0.1) is 0 Å². The van der Waals surface area contributed by atoms with Gasteiger partial charge in [0.15, 0.2) is 0 Å². The molecule has 1 N–H and O–H groups in total. The Morgan fingerprint density at radius 3 is 2.72 bits per heavy atom. The number of benzene rings is 1. The summed E-state index contributed by atoms with van der Waals surface area (Å²) in [5.41, 5.74) is 2.49. The van der Waals surface area contributed by atoms with Gasteiger partial charge in [-0.1, -0.05) is 19.1 Å². The third-order valence-electron chi connectivity index (χ3n) is 3.02. The Balaban J connectivity index is 2.41. The number of nitrogens with zero attached hydrogens (tertiary/aromatic N) is 1. The zero-order valence-electron chi connectivity index (χ0n) is 12.1. The van der Waals surface area contributed by atoms with Crippen LogP contribution in [0.4, 0.5) is 0 Å². The maximum absolute atomic E-state index is 5.35. The summed E-state index contributed by atoms with van der Waals surface area (Å²) in [6, 6.07) is 6.43.